The molecule has 0 atom stereocenters. The molecule has 128 valence electrons. The Morgan fingerprint density at radius 3 is 2.71 bits per heavy atom. The first kappa shape index (κ1) is 17.8. The minimum absolute atomic E-state index is 0.812. The summed E-state index contributed by atoms with van der Waals surface area (Å²) in [4.78, 5) is 8.56. The van der Waals surface area contributed by atoms with E-state index < -0.39 is 0 Å². The van der Waals surface area contributed by atoms with Gasteiger partial charge in [-0.05, 0) is 42.7 Å². The lowest BCUT2D eigenvalue weighted by Crippen LogP contribution is -2.38. The quantitative estimate of drug-likeness (QED) is 0.444. The van der Waals surface area contributed by atoms with Gasteiger partial charge in [-0.25, -0.2) is 0 Å². The van der Waals surface area contributed by atoms with Crippen LogP contribution in [0.25, 0.3) is 0 Å². The van der Waals surface area contributed by atoms with Gasteiger partial charge < -0.3 is 15.4 Å². The summed E-state index contributed by atoms with van der Waals surface area (Å²) in [5.41, 5.74) is 2.37. The number of benzene rings is 1. The molecule has 0 aliphatic rings. The van der Waals surface area contributed by atoms with Crippen LogP contribution in [0.3, 0.4) is 0 Å². The van der Waals surface area contributed by atoms with Crippen molar-refractivity contribution < 1.29 is 4.74 Å². The van der Waals surface area contributed by atoms with Gasteiger partial charge in [0.15, 0.2) is 5.96 Å². The van der Waals surface area contributed by atoms with Gasteiger partial charge in [0.05, 0.1) is 7.11 Å². The third-order valence-electron chi connectivity index (χ3n) is 3.69. The molecular formula is C19H26N4O. The molecule has 1 aromatic heterocycles. The van der Waals surface area contributed by atoms with Crippen molar-refractivity contribution >= 4 is 5.96 Å². The fraction of sp³-hybridized carbons (Fsp3) is 0.368. The summed E-state index contributed by atoms with van der Waals surface area (Å²) < 4.78 is 5.25. The molecule has 0 amide bonds. The molecule has 0 aliphatic heterocycles. The Balaban J connectivity index is 1.64. The van der Waals surface area contributed by atoms with Gasteiger partial charge in [0.25, 0.3) is 0 Å². The normalized spacial score (nSPS) is 11.2. The van der Waals surface area contributed by atoms with Gasteiger partial charge in [0, 0.05) is 38.4 Å². The summed E-state index contributed by atoms with van der Waals surface area (Å²) >= 11 is 0. The summed E-state index contributed by atoms with van der Waals surface area (Å²) in [5.74, 6) is 1.74. The zero-order chi connectivity index (χ0) is 17.0. The molecule has 24 heavy (non-hydrogen) atoms. The van der Waals surface area contributed by atoms with Gasteiger partial charge in [-0.1, -0.05) is 18.2 Å². The SMILES string of the molecule is CN=C(NCCCc1cccc(OC)c1)NCCc1ccccn1. The van der Waals surface area contributed by atoms with Crippen LogP contribution >= 0.6 is 0 Å². The molecular weight excluding hydrogens is 300 g/mol. The van der Waals surface area contributed by atoms with Crippen LogP contribution in [0.5, 0.6) is 5.75 Å². The largest absolute Gasteiger partial charge is 0.497 e. The summed E-state index contributed by atoms with van der Waals surface area (Å²) in [7, 11) is 3.49. The fourth-order valence-electron chi connectivity index (χ4n) is 2.40. The van der Waals surface area contributed by atoms with Crippen molar-refractivity contribution in [3.05, 3.63) is 59.9 Å². The van der Waals surface area contributed by atoms with E-state index in [9.17, 15) is 0 Å². The second-order valence-electron chi connectivity index (χ2n) is 5.45. The zero-order valence-corrected chi connectivity index (χ0v) is 14.5. The van der Waals surface area contributed by atoms with Gasteiger partial charge >= 0.3 is 0 Å². The van der Waals surface area contributed by atoms with E-state index in [-0.39, 0.29) is 0 Å². The number of nitrogens with one attached hydrogen (secondary N) is 2. The zero-order valence-electron chi connectivity index (χ0n) is 14.5. The fourth-order valence-corrected chi connectivity index (χ4v) is 2.40. The lowest BCUT2D eigenvalue weighted by atomic mass is 10.1. The first-order valence-electron chi connectivity index (χ1n) is 8.29. The van der Waals surface area contributed by atoms with Crippen LogP contribution in [0.4, 0.5) is 0 Å². The molecule has 0 saturated heterocycles. The molecule has 0 fully saturated rings. The molecule has 2 aromatic rings. The maximum absolute atomic E-state index is 5.25. The Kier molecular flexibility index (Phi) is 7.60. The lowest BCUT2D eigenvalue weighted by molar-refractivity contribution is 0.414. The van der Waals surface area contributed by atoms with Crippen molar-refractivity contribution in [3.8, 4) is 5.75 Å². The molecule has 2 rings (SSSR count). The topological polar surface area (TPSA) is 58.5 Å². The second kappa shape index (κ2) is 10.3. The molecule has 2 N–H and O–H groups in total. The number of hydrogen-bond donors (Lipinski definition) is 2. The average Bonchev–Trinajstić information content (AvgIpc) is 2.64. The maximum atomic E-state index is 5.25. The van der Waals surface area contributed by atoms with Crippen LogP contribution < -0.4 is 15.4 Å². The number of aromatic nitrogens is 1. The predicted molar refractivity (Wildman–Crippen MR) is 98.6 cm³/mol. The third-order valence-corrected chi connectivity index (χ3v) is 3.69. The van der Waals surface area contributed by atoms with Crippen molar-refractivity contribution in [3.63, 3.8) is 0 Å². The highest BCUT2D eigenvalue weighted by molar-refractivity contribution is 5.79. The highest BCUT2D eigenvalue weighted by Crippen LogP contribution is 2.13. The Hall–Kier alpha value is -2.56. The number of guanidine groups is 1. The Morgan fingerprint density at radius 2 is 1.96 bits per heavy atom. The smallest absolute Gasteiger partial charge is 0.190 e. The number of nitrogens with zero attached hydrogens (tertiary/aromatic N) is 2. The predicted octanol–water partition coefficient (Wildman–Crippen LogP) is 2.43. The monoisotopic (exact) mass is 326 g/mol. The maximum Gasteiger partial charge on any atom is 0.190 e. The second-order valence-corrected chi connectivity index (χ2v) is 5.45. The van der Waals surface area contributed by atoms with E-state index in [0.29, 0.717) is 0 Å². The lowest BCUT2D eigenvalue weighted by Gasteiger charge is -2.12. The Bertz CT molecular complexity index is 628. The van der Waals surface area contributed by atoms with Crippen molar-refractivity contribution in [2.24, 2.45) is 4.99 Å². The number of ether oxygens (including phenoxy) is 1. The van der Waals surface area contributed by atoms with Crippen LogP contribution in [0.15, 0.2) is 53.7 Å². The van der Waals surface area contributed by atoms with E-state index in [1.807, 2.05) is 36.5 Å². The number of hydrogen-bond acceptors (Lipinski definition) is 3. The average molecular weight is 326 g/mol. The third kappa shape index (κ3) is 6.28. The van der Waals surface area contributed by atoms with Crippen molar-refractivity contribution in [2.45, 2.75) is 19.3 Å². The Labute approximate surface area is 144 Å². The number of pyridine rings is 1. The van der Waals surface area contributed by atoms with E-state index in [0.717, 1.165) is 49.8 Å². The highest BCUT2D eigenvalue weighted by atomic mass is 16.5. The van der Waals surface area contributed by atoms with E-state index in [2.05, 4.69) is 32.7 Å². The summed E-state index contributed by atoms with van der Waals surface area (Å²) in [6.45, 7) is 1.69. The van der Waals surface area contributed by atoms with Crippen LogP contribution in [0.2, 0.25) is 0 Å². The van der Waals surface area contributed by atoms with E-state index in [4.69, 9.17) is 4.74 Å². The van der Waals surface area contributed by atoms with E-state index >= 15 is 0 Å². The minimum Gasteiger partial charge on any atom is -0.497 e. The molecule has 0 bridgehead atoms. The number of aliphatic imine (C=N–C) groups is 1. The number of methoxy groups -OCH3 is 1. The molecule has 0 spiro atoms. The molecule has 0 aliphatic carbocycles. The van der Waals surface area contributed by atoms with Crippen molar-refractivity contribution in [1.82, 2.24) is 15.6 Å². The molecule has 5 heteroatoms. The highest BCUT2D eigenvalue weighted by Gasteiger charge is 2.00. The molecule has 1 aromatic carbocycles. The minimum atomic E-state index is 0.812. The van der Waals surface area contributed by atoms with Crippen LogP contribution in [-0.4, -0.2) is 38.2 Å². The first-order valence-corrected chi connectivity index (χ1v) is 8.29. The van der Waals surface area contributed by atoms with Crippen molar-refractivity contribution in [1.29, 1.82) is 0 Å². The number of rotatable bonds is 8. The van der Waals surface area contributed by atoms with Gasteiger partial charge in [-0.3, -0.25) is 9.98 Å². The summed E-state index contributed by atoms with van der Waals surface area (Å²) in [6.07, 6.45) is 4.75. The van der Waals surface area contributed by atoms with Gasteiger partial charge in [0.1, 0.15) is 5.75 Å². The van der Waals surface area contributed by atoms with E-state index in [1.165, 1.54) is 5.56 Å². The van der Waals surface area contributed by atoms with Gasteiger partial charge in [-0.2, -0.15) is 0 Å². The Morgan fingerprint density at radius 1 is 1.08 bits per heavy atom. The molecule has 0 unspecified atom stereocenters. The molecule has 0 radical (unpaired) electrons. The molecule has 1 heterocycles. The number of aryl methyl sites for hydroxylation is 1. The first-order chi connectivity index (χ1) is 11.8. The van der Waals surface area contributed by atoms with Crippen LogP contribution in [-0.2, 0) is 12.8 Å². The van der Waals surface area contributed by atoms with E-state index in [1.54, 1.807) is 14.2 Å². The van der Waals surface area contributed by atoms with Crippen molar-refractivity contribution in [2.75, 3.05) is 27.2 Å². The standard InChI is InChI=1S/C19H26N4O/c1-20-19(23-14-11-17-9-3-4-12-21-17)22-13-6-8-16-7-5-10-18(15-16)24-2/h3-5,7,9-10,12,15H,6,8,11,13-14H2,1-2H3,(H2,20,22,23). The molecule has 5 nitrogen and oxygen atoms in total. The summed E-state index contributed by atoms with van der Waals surface area (Å²) in [5, 5.41) is 6.66. The van der Waals surface area contributed by atoms with Gasteiger partial charge in [0.2, 0.25) is 0 Å². The summed E-state index contributed by atoms with van der Waals surface area (Å²) in [6, 6.07) is 14.2. The van der Waals surface area contributed by atoms with Crippen LogP contribution in [0.1, 0.15) is 17.7 Å². The van der Waals surface area contributed by atoms with Crippen LogP contribution in [0, 0.1) is 0 Å². The van der Waals surface area contributed by atoms with Gasteiger partial charge in [-0.15, -0.1) is 0 Å². The molecule has 0 saturated carbocycles.